The molecule has 0 saturated heterocycles. The van der Waals surface area contributed by atoms with Crippen molar-refractivity contribution in [3.8, 4) is 0 Å². The summed E-state index contributed by atoms with van der Waals surface area (Å²) in [7, 11) is 1.21. The molecule has 0 spiro atoms. The van der Waals surface area contributed by atoms with Crippen LogP contribution < -0.4 is 0 Å². The van der Waals surface area contributed by atoms with Crippen LogP contribution in [0.15, 0.2) is 24.3 Å². The van der Waals surface area contributed by atoms with Gasteiger partial charge in [0.2, 0.25) is 0 Å². The van der Waals surface area contributed by atoms with E-state index in [1.165, 1.54) is 25.3 Å². The van der Waals surface area contributed by atoms with Crippen molar-refractivity contribution < 1.29 is 27.5 Å². The molecule has 0 aliphatic heterocycles. The third kappa shape index (κ3) is 4.57. The van der Waals surface area contributed by atoms with Crippen molar-refractivity contribution in [1.82, 2.24) is 0 Å². The molecule has 19 heavy (non-hydrogen) atoms. The van der Waals surface area contributed by atoms with Crippen molar-refractivity contribution in [3.05, 3.63) is 41.0 Å². The number of carbonyl (C=O) groups excluding carboxylic acids is 2. The molecule has 102 valence electrons. The summed E-state index contributed by atoms with van der Waals surface area (Å²) in [6.07, 6.45) is -1.53. The summed E-state index contributed by atoms with van der Waals surface area (Å²) in [6.45, 7) is 0. The molecular weight excluding hydrogens is 261 g/mol. The number of halogens is 3. The molecule has 0 heterocycles. The fourth-order valence-electron chi connectivity index (χ4n) is 1.38. The van der Waals surface area contributed by atoms with Crippen LogP contribution in [-0.2, 0) is 15.7 Å². The van der Waals surface area contributed by atoms with Crippen LogP contribution in [0.2, 0.25) is 0 Å². The molecule has 0 fully saturated rings. The van der Waals surface area contributed by atoms with E-state index in [4.69, 9.17) is 0 Å². The Morgan fingerprint density at radius 1 is 1.26 bits per heavy atom. The van der Waals surface area contributed by atoms with Crippen LogP contribution in [0.4, 0.5) is 13.2 Å². The van der Waals surface area contributed by atoms with Gasteiger partial charge in [0.05, 0.1) is 19.1 Å². The lowest BCUT2D eigenvalue weighted by Crippen LogP contribution is -2.06. The number of aldehydes is 1. The monoisotopic (exact) mass is 272 g/mol. The molecular formula is C13H11F3O3. The fourth-order valence-corrected chi connectivity index (χ4v) is 1.38. The van der Waals surface area contributed by atoms with E-state index >= 15 is 0 Å². The molecule has 6 heteroatoms. The third-order valence-corrected chi connectivity index (χ3v) is 2.26. The molecule has 0 aliphatic carbocycles. The SMILES string of the molecule is COC(=O)CC=Cc1cc(C=O)cc(C(F)(F)F)c1. The van der Waals surface area contributed by atoms with Crippen molar-refractivity contribution in [2.24, 2.45) is 0 Å². The van der Waals surface area contributed by atoms with Crippen LogP contribution in [0, 0.1) is 0 Å². The first-order valence-corrected chi connectivity index (χ1v) is 5.27. The molecule has 1 rings (SSSR count). The first-order chi connectivity index (χ1) is 8.86. The molecule has 0 atom stereocenters. The van der Waals surface area contributed by atoms with E-state index < -0.39 is 17.7 Å². The van der Waals surface area contributed by atoms with Gasteiger partial charge < -0.3 is 4.74 Å². The summed E-state index contributed by atoms with van der Waals surface area (Å²) < 4.78 is 42.1. The van der Waals surface area contributed by atoms with Crippen molar-refractivity contribution in [3.63, 3.8) is 0 Å². The van der Waals surface area contributed by atoms with Crippen LogP contribution in [0.25, 0.3) is 6.08 Å². The molecule has 1 aromatic rings. The maximum atomic E-state index is 12.6. The van der Waals surface area contributed by atoms with Gasteiger partial charge in [-0.1, -0.05) is 12.2 Å². The Hall–Kier alpha value is -2.11. The van der Waals surface area contributed by atoms with Gasteiger partial charge in [-0.3, -0.25) is 9.59 Å². The predicted molar refractivity (Wildman–Crippen MR) is 62.5 cm³/mol. The normalized spacial score (nSPS) is 11.6. The minimum Gasteiger partial charge on any atom is -0.469 e. The number of hydrogen-bond donors (Lipinski definition) is 0. The number of ether oxygens (including phenoxy) is 1. The molecule has 0 saturated carbocycles. The van der Waals surface area contributed by atoms with E-state index in [0.717, 1.165) is 12.1 Å². The second-order valence-electron chi connectivity index (χ2n) is 3.69. The summed E-state index contributed by atoms with van der Waals surface area (Å²) >= 11 is 0. The van der Waals surface area contributed by atoms with Gasteiger partial charge >= 0.3 is 12.1 Å². The largest absolute Gasteiger partial charge is 0.469 e. The standard InChI is InChI=1S/C13H11F3O3/c1-19-12(18)4-2-3-9-5-10(8-17)7-11(6-9)13(14,15)16/h2-3,5-8H,4H2,1H3. The first kappa shape index (κ1) is 14.9. The zero-order chi connectivity index (χ0) is 14.5. The summed E-state index contributed by atoms with van der Waals surface area (Å²) in [5, 5.41) is 0. The molecule has 0 radical (unpaired) electrons. The summed E-state index contributed by atoms with van der Waals surface area (Å²) in [5.41, 5.74) is -0.789. The number of esters is 1. The molecule has 0 unspecified atom stereocenters. The van der Waals surface area contributed by atoms with Gasteiger partial charge in [-0.05, 0) is 23.8 Å². The molecule has 0 aliphatic rings. The third-order valence-electron chi connectivity index (χ3n) is 2.26. The van der Waals surface area contributed by atoms with E-state index in [-0.39, 0.29) is 17.5 Å². The molecule has 0 N–H and O–H groups in total. The summed E-state index contributed by atoms with van der Waals surface area (Å²) in [4.78, 5) is 21.4. The van der Waals surface area contributed by atoms with Crippen molar-refractivity contribution in [2.75, 3.05) is 7.11 Å². The Morgan fingerprint density at radius 3 is 2.42 bits per heavy atom. The number of rotatable bonds is 4. The maximum absolute atomic E-state index is 12.6. The number of methoxy groups -OCH3 is 1. The lowest BCUT2D eigenvalue weighted by molar-refractivity contribution is -0.139. The number of benzene rings is 1. The van der Waals surface area contributed by atoms with Gasteiger partial charge in [0.25, 0.3) is 0 Å². The zero-order valence-electron chi connectivity index (χ0n) is 10.0. The predicted octanol–water partition coefficient (Wildman–Crippen LogP) is 3.09. The Labute approximate surface area is 107 Å². The van der Waals surface area contributed by atoms with E-state index in [2.05, 4.69) is 4.74 Å². The van der Waals surface area contributed by atoms with Gasteiger partial charge in [-0.2, -0.15) is 13.2 Å². The van der Waals surface area contributed by atoms with Crippen LogP contribution in [0.1, 0.15) is 27.9 Å². The molecule has 0 amide bonds. The minimum atomic E-state index is -4.52. The van der Waals surface area contributed by atoms with E-state index in [1.54, 1.807) is 0 Å². The Kier molecular flexibility index (Phi) is 4.86. The highest BCUT2D eigenvalue weighted by atomic mass is 19.4. The fraction of sp³-hybridized carbons (Fsp3) is 0.231. The van der Waals surface area contributed by atoms with Gasteiger partial charge in [0.15, 0.2) is 0 Å². The van der Waals surface area contributed by atoms with Crippen LogP contribution >= 0.6 is 0 Å². The zero-order valence-corrected chi connectivity index (χ0v) is 10.0. The second-order valence-corrected chi connectivity index (χ2v) is 3.69. The van der Waals surface area contributed by atoms with Gasteiger partial charge in [-0.15, -0.1) is 0 Å². The molecule has 0 bridgehead atoms. The van der Waals surface area contributed by atoms with Gasteiger partial charge in [-0.25, -0.2) is 0 Å². The molecule has 0 aromatic heterocycles. The average Bonchev–Trinajstić information content (AvgIpc) is 2.37. The minimum absolute atomic E-state index is 0.0524. The Bertz CT molecular complexity index is 504. The van der Waals surface area contributed by atoms with Crippen molar-refractivity contribution in [2.45, 2.75) is 12.6 Å². The van der Waals surface area contributed by atoms with E-state index in [1.807, 2.05) is 0 Å². The summed E-state index contributed by atoms with van der Waals surface area (Å²) in [6, 6.07) is 2.97. The molecule has 1 aromatic carbocycles. The lowest BCUT2D eigenvalue weighted by atomic mass is 10.1. The number of alkyl halides is 3. The van der Waals surface area contributed by atoms with E-state index in [9.17, 15) is 22.8 Å². The van der Waals surface area contributed by atoms with Gasteiger partial charge in [0, 0.05) is 5.56 Å². The second kappa shape index (κ2) is 6.17. The lowest BCUT2D eigenvalue weighted by Gasteiger charge is -2.08. The van der Waals surface area contributed by atoms with E-state index in [0.29, 0.717) is 6.29 Å². The highest BCUT2D eigenvalue weighted by Gasteiger charge is 2.30. The highest BCUT2D eigenvalue weighted by molar-refractivity contribution is 5.77. The van der Waals surface area contributed by atoms with Crippen molar-refractivity contribution in [1.29, 1.82) is 0 Å². The number of hydrogen-bond acceptors (Lipinski definition) is 3. The molecule has 3 nitrogen and oxygen atoms in total. The Balaban J connectivity index is 3.01. The Morgan fingerprint density at radius 2 is 1.89 bits per heavy atom. The quantitative estimate of drug-likeness (QED) is 0.625. The number of carbonyl (C=O) groups is 2. The maximum Gasteiger partial charge on any atom is 0.416 e. The summed E-state index contributed by atoms with van der Waals surface area (Å²) in [5.74, 6) is -0.501. The van der Waals surface area contributed by atoms with Gasteiger partial charge in [0.1, 0.15) is 6.29 Å². The topological polar surface area (TPSA) is 43.4 Å². The van der Waals surface area contributed by atoms with Crippen LogP contribution in [-0.4, -0.2) is 19.4 Å². The van der Waals surface area contributed by atoms with Crippen LogP contribution in [0.5, 0.6) is 0 Å². The van der Waals surface area contributed by atoms with Crippen LogP contribution in [0.3, 0.4) is 0 Å². The highest BCUT2D eigenvalue weighted by Crippen LogP contribution is 2.30. The van der Waals surface area contributed by atoms with Crippen molar-refractivity contribution >= 4 is 18.3 Å². The smallest absolute Gasteiger partial charge is 0.416 e. The first-order valence-electron chi connectivity index (χ1n) is 5.27. The average molecular weight is 272 g/mol.